The van der Waals surface area contributed by atoms with Crippen molar-refractivity contribution < 1.29 is 4.74 Å². The molecular formula is C14H17Br2N3O. The Bertz CT molecular complexity index is 584. The van der Waals surface area contributed by atoms with E-state index in [1.54, 1.807) is 7.11 Å². The van der Waals surface area contributed by atoms with Gasteiger partial charge in [0.05, 0.1) is 35.8 Å². The van der Waals surface area contributed by atoms with Crippen molar-refractivity contribution in [2.45, 2.75) is 26.4 Å². The van der Waals surface area contributed by atoms with Crippen molar-refractivity contribution in [3.05, 3.63) is 39.3 Å². The molecule has 2 aromatic rings. The molecule has 1 aromatic carbocycles. The maximum Gasteiger partial charge on any atom is 0.135 e. The van der Waals surface area contributed by atoms with Crippen LogP contribution in [-0.4, -0.2) is 16.7 Å². The molecule has 0 saturated heterocycles. The Kier molecular flexibility index (Phi) is 5.48. The summed E-state index contributed by atoms with van der Waals surface area (Å²) in [5.41, 5.74) is 2.16. The van der Waals surface area contributed by atoms with Gasteiger partial charge in [-0.05, 0) is 44.3 Å². The summed E-state index contributed by atoms with van der Waals surface area (Å²) in [5, 5.41) is 3.41. The third-order valence-electron chi connectivity index (χ3n) is 2.96. The Morgan fingerprint density at radius 3 is 2.80 bits per heavy atom. The number of rotatable bonds is 6. The number of anilines is 1. The van der Waals surface area contributed by atoms with E-state index in [0.717, 1.165) is 39.9 Å². The first-order valence-corrected chi connectivity index (χ1v) is 8.00. The maximum absolute atomic E-state index is 5.31. The van der Waals surface area contributed by atoms with Crippen LogP contribution in [0, 0.1) is 0 Å². The van der Waals surface area contributed by atoms with Crippen LogP contribution < -0.4 is 10.1 Å². The molecule has 0 saturated carbocycles. The van der Waals surface area contributed by atoms with Gasteiger partial charge in [0.1, 0.15) is 5.75 Å². The zero-order valence-corrected chi connectivity index (χ0v) is 14.7. The molecule has 0 aliphatic heterocycles. The van der Waals surface area contributed by atoms with Gasteiger partial charge in [0.25, 0.3) is 0 Å². The van der Waals surface area contributed by atoms with Gasteiger partial charge in [0.15, 0.2) is 0 Å². The lowest BCUT2D eigenvalue weighted by Gasteiger charge is -2.13. The van der Waals surface area contributed by atoms with Gasteiger partial charge in [0.2, 0.25) is 0 Å². The summed E-state index contributed by atoms with van der Waals surface area (Å²) in [7, 11) is 1.66. The molecular weight excluding hydrogens is 386 g/mol. The van der Waals surface area contributed by atoms with Gasteiger partial charge in [0, 0.05) is 23.3 Å². The zero-order valence-electron chi connectivity index (χ0n) is 11.5. The molecule has 0 fully saturated rings. The highest BCUT2D eigenvalue weighted by Gasteiger charge is 2.08. The summed E-state index contributed by atoms with van der Waals surface area (Å²) in [6.45, 7) is 3.87. The fourth-order valence-electron chi connectivity index (χ4n) is 1.94. The standard InChI is InChI=1S/C14H17Br2N3O/c1-3-4-19-9-17-7-10(19)8-18-13-6-14(20-2)12(16)5-11(13)15/h5-7,9,18H,3-4,8H2,1-2H3. The van der Waals surface area contributed by atoms with E-state index >= 15 is 0 Å². The predicted octanol–water partition coefficient (Wildman–Crippen LogP) is 4.44. The molecule has 1 heterocycles. The predicted molar refractivity (Wildman–Crippen MR) is 88.2 cm³/mol. The average molecular weight is 403 g/mol. The lowest BCUT2D eigenvalue weighted by molar-refractivity contribution is 0.412. The number of ether oxygens (including phenoxy) is 1. The fraction of sp³-hybridized carbons (Fsp3) is 0.357. The minimum absolute atomic E-state index is 0.726. The molecule has 0 aliphatic rings. The van der Waals surface area contributed by atoms with E-state index in [9.17, 15) is 0 Å². The van der Waals surface area contributed by atoms with E-state index in [-0.39, 0.29) is 0 Å². The Labute approximate surface area is 135 Å². The van der Waals surface area contributed by atoms with Gasteiger partial charge in [-0.1, -0.05) is 6.92 Å². The van der Waals surface area contributed by atoms with Crippen LogP contribution in [0.15, 0.2) is 33.6 Å². The van der Waals surface area contributed by atoms with E-state index < -0.39 is 0 Å². The molecule has 0 bridgehead atoms. The van der Waals surface area contributed by atoms with Crippen molar-refractivity contribution in [2.24, 2.45) is 0 Å². The van der Waals surface area contributed by atoms with E-state index in [2.05, 4.69) is 53.7 Å². The molecule has 0 spiro atoms. The van der Waals surface area contributed by atoms with Gasteiger partial charge in [-0.15, -0.1) is 0 Å². The maximum atomic E-state index is 5.31. The molecule has 2 rings (SSSR count). The molecule has 0 radical (unpaired) electrons. The van der Waals surface area contributed by atoms with Crippen LogP contribution in [0.1, 0.15) is 19.0 Å². The number of methoxy groups -OCH3 is 1. The fourth-order valence-corrected chi connectivity index (χ4v) is 3.24. The van der Waals surface area contributed by atoms with Crippen molar-refractivity contribution >= 4 is 37.5 Å². The normalized spacial score (nSPS) is 10.6. The lowest BCUT2D eigenvalue weighted by Crippen LogP contribution is -2.07. The largest absolute Gasteiger partial charge is 0.495 e. The molecule has 0 atom stereocenters. The minimum atomic E-state index is 0.726. The number of aryl methyl sites for hydroxylation is 1. The Hall–Kier alpha value is -1.01. The van der Waals surface area contributed by atoms with Gasteiger partial charge in [-0.3, -0.25) is 0 Å². The summed E-state index contributed by atoms with van der Waals surface area (Å²) in [4.78, 5) is 4.20. The minimum Gasteiger partial charge on any atom is -0.495 e. The number of hydrogen-bond acceptors (Lipinski definition) is 3. The van der Waals surface area contributed by atoms with Gasteiger partial charge in [-0.25, -0.2) is 4.98 Å². The summed E-state index contributed by atoms with van der Waals surface area (Å²) < 4.78 is 9.40. The number of aromatic nitrogens is 2. The Morgan fingerprint density at radius 1 is 1.30 bits per heavy atom. The van der Waals surface area contributed by atoms with Crippen LogP contribution in [0.2, 0.25) is 0 Å². The quantitative estimate of drug-likeness (QED) is 0.776. The summed E-state index contributed by atoms with van der Waals surface area (Å²) >= 11 is 7.02. The molecule has 0 amide bonds. The van der Waals surface area contributed by atoms with Crippen molar-refractivity contribution in [3.63, 3.8) is 0 Å². The highest BCUT2D eigenvalue weighted by molar-refractivity contribution is 9.11. The molecule has 6 heteroatoms. The Balaban J connectivity index is 2.12. The van der Waals surface area contributed by atoms with Gasteiger partial charge in [-0.2, -0.15) is 0 Å². The third-order valence-corrected chi connectivity index (χ3v) is 4.24. The highest BCUT2D eigenvalue weighted by atomic mass is 79.9. The van der Waals surface area contributed by atoms with Crippen LogP contribution in [-0.2, 0) is 13.1 Å². The molecule has 1 aromatic heterocycles. The van der Waals surface area contributed by atoms with Crippen LogP contribution in [0.4, 0.5) is 5.69 Å². The number of imidazole rings is 1. The first-order valence-electron chi connectivity index (χ1n) is 6.41. The molecule has 0 aliphatic carbocycles. The summed E-state index contributed by atoms with van der Waals surface area (Å²) in [6.07, 6.45) is 4.86. The lowest BCUT2D eigenvalue weighted by atomic mass is 10.3. The average Bonchev–Trinajstić information content (AvgIpc) is 2.86. The second-order valence-corrected chi connectivity index (χ2v) is 6.11. The first-order chi connectivity index (χ1) is 9.65. The SMILES string of the molecule is CCCn1cncc1CNc1cc(OC)c(Br)cc1Br. The molecule has 108 valence electrons. The third kappa shape index (κ3) is 3.55. The topological polar surface area (TPSA) is 39.1 Å². The van der Waals surface area contributed by atoms with Crippen LogP contribution >= 0.6 is 31.9 Å². The molecule has 1 N–H and O–H groups in total. The highest BCUT2D eigenvalue weighted by Crippen LogP contribution is 2.34. The molecule has 0 unspecified atom stereocenters. The number of nitrogens with one attached hydrogen (secondary N) is 1. The number of halogens is 2. The number of hydrogen-bond donors (Lipinski definition) is 1. The smallest absolute Gasteiger partial charge is 0.135 e. The van der Waals surface area contributed by atoms with Crippen LogP contribution in [0.5, 0.6) is 5.75 Å². The monoisotopic (exact) mass is 401 g/mol. The number of benzene rings is 1. The number of nitrogens with zero attached hydrogens (tertiary/aromatic N) is 2. The Morgan fingerprint density at radius 2 is 2.10 bits per heavy atom. The van der Waals surface area contributed by atoms with Crippen molar-refractivity contribution in [3.8, 4) is 5.75 Å². The summed E-state index contributed by atoms with van der Waals surface area (Å²) in [6, 6.07) is 3.94. The van der Waals surface area contributed by atoms with Crippen molar-refractivity contribution in [1.29, 1.82) is 0 Å². The van der Waals surface area contributed by atoms with Crippen molar-refractivity contribution in [1.82, 2.24) is 9.55 Å². The molecule has 20 heavy (non-hydrogen) atoms. The van der Waals surface area contributed by atoms with E-state index in [0.29, 0.717) is 0 Å². The summed E-state index contributed by atoms with van der Waals surface area (Å²) in [5.74, 6) is 0.803. The van der Waals surface area contributed by atoms with Crippen molar-refractivity contribution in [2.75, 3.05) is 12.4 Å². The van der Waals surface area contributed by atoms with Gasteiger partial charge < -0.3 is 14.6 Å². The first kappa shape index (κ1) is 15.4. The van der Waals surface area contributed by atoms with Crippen LogP contribution in [0.3, 0.4) is 0 Å². The molecule has 4 nitrogen and oxygen atoms in total. The van der Waals surface area contributed by atoms with E-state index in [4.69, 9.17) is 4.74 Å². The zero-order chi connectivity index (χ0) is 14.5. The van der Waals surface area contributed by atoms with E-state index in [1.807, 2.05) is 24.7 Å². The second-order valence-electron chi connectivity index (χ2n) is 4.40. The second kappa shape index (κ2) is 7.13. The van der Waals surface area contributed by atoms with Gasteiger partial charge >= 0.3 is 0 Å². The van der Waals surface area contributed by atoms with E-state index in [1.165, 1.54) is 5.69 Å². The van der Waals surface area contributed by atoms with Crippen LogP contribution in [0.25, 0.3) is 0 Å².